The van der Waals surface area contributed by atoms with Crippen LogP contribution in [0.3, 0.4) is 0 Å². The number of methoxy groups -OCH3 is 1. The number of aliphatic carboxylic acids is 1. The number of hydrogen-bond donors (Lipinski definition) is 4. The van der Waals surface area contributed by atoms with Gasteiger partial charge in [-0.3, -0.25) is 4.79 Å². The number of aliphatic hydroxyl groups excluding tert-OH is 2. The second-order valence-electron chi connectivity index (χ2n) is 6.44. The first-order valence-corrected chi connectivity index (χ1v) is 9.39. The summed E-state index contributed by atoms with van der Waals surface area (Å²) in [5.74, 6) is -2.13. The molecular formula is C20H21Cl2NO6. The first kappa shape index (κ1) is 23.1. The maximum absolute atomic E-state index is 11.8. The molecule has 0 saturated carbocycles. The number of halogens is 2. The fourth-order valence-corrected chi connectivity index (χ4v) is 3.34. The summed E-state index contributed by atoms with van der Waals surface area (Å²) >= 11 is 12.1. The highest BCUT2D eigenvalue weighted by Gasteiger charge is 2.32. The molecule has 3 atom stereocenters. The lowest BCUT2D eigenvalue weighted by molar-refractivity contribution is -0.154. The van der Waals surface area contributed by atoms with Crippen molar-refractivity contribution in [3.63, 3.8) is 0 Å². The SMILES string of the molecule is COCC(=O)N[C@H](Cc1ccc(-c2cc(Cl)cc(Cl)c2)cc1)[C@@H](O)[C@H](O)C(=O)O. The molecule has 0 spiro atoms. The van der Waals surface area contributed by atoms with E-state index in [-0.39, 0.29) is 13.0 Å². The van der Waals surface area contributed by atoms with Crippen LogP contribution in [0.5, 0.6) is 0 Å². The molecule has 29 heavy (non-hydrogen) atoms. The van der Waals surface area contributed by atoms with Gasteiger partial charge in [0.05, 0.1) is 6.04 Å². The van der Waals surface area contributed by atoms with Crippen molar-refractivity contribution >= 4 is 35.1 Å². The van der Waals surface area contributed by atoms with Gasteiger partial charge >= 0.3 is 5.97 Å². The standard InChI is InChI=1S/C20H21Cl2NO6/c1-29-10-17(24)23-16(18(25)19(26)20(27)28)6-11-2-4-12(5-3-11)13-7-14(21)9-15(22)8-13/h2-5,7-9,16,18-19,25-26H,6,10H2,1H3,(H,23,24)(H,27,28)/t16-,18-,19+/m1/s1. The number of nitrogens with one attached hydrogen (secondary N) is 1. The molecule has 1 amide bonds. The molecule has 2 aromatic carbocycles. The number of hydrogen-bond acceptors (Lipinski definition) is 5. The van der Waals surface area contributed by atoms with Crippen molar-refractivity contribution in [1.29, 1.82) is 0 Å². The molecule has 0 aliphatic rings. The molecule has 0 radical (unpaired) electrons. The molecule has 2 rings (SSSR count). The van der Waals surface area contributed by atoms with Gasteiger partial charge in [-0.05, 0) is 41.3 Å². The molecule has 7 nitrogen and oxygen atoms in total. The van der Waals surface area contributed by atoms with Gasteiger partial charge in [-0.25, -0.2) is 4.79 Å². The maximum atomic E-state index is 11.8. The predicted molar refractivity (Wildman–Crippen MR) is 109 cm³/mol. The Bertz CT molecular complexity index is 838. The minimum Gasteiger partial charge on any atom is -0.479 e. The Balaban J connectivity index is 2.20. The van der Waals surface area contributed by atoms with Gasteiger partial charge in [0, 0.05) is 17.2 Å². The molecule has 0 aliphatic heterocycles. The number of carboxylic acid groups (broad SMARTS) is 1. The van der Waals surface area contributed by atoms with Crippen molar-refractivity contribution in [3.05, 3.63) is 58.1 Å². The van der Waals surface area contributed by atoms with E-state index < -0.39 is 30.1 Å². The van der Waals surface area contributed by atoms with Crippen molar-refractivity contribution in [2.75, 3.05) is 13.7 Å². The van der Waals surface area contributed by atoms with Crippen LogP contribution in [0.1, 0.15) is 5.56 Å². The summed E-state index contributed by atoms with van der Waals surface area (Å²) in [6, 6.07) is 11.3. The summed E-state index contributed by atoms with van der Waals surface area (Å²) in [6.07, 6.45) is -3.66. The number of rotatable bonds is 9. The summed E-state index contributed by atoms with van der Waals surface area (Å²) in [4.78, 5) is 22.8. The van der Waals surface area contributed by atoms with Gasteiger partial charge < -0.3 is 25.4 Å². The number of carbonyl (C=O) groups is 2. The fourth-order valence-electron chi connectivity index (χ4n) is 2.81. The van der Waals surface area contributed by atoms with E-state index in [2.05, 4.69) is 5.32 Å². The minimum atomic E-state index is -2.05. The van der Waals surface area contributed by atoms with Crippen LogP contribution in [0.2, 0.25) is 10.0 Å². The molecule has 0 aliphatic carbocycles. The first-order valence-electron chi connectivity index (χ1n) is 8.64. The van der Waals surface area contributed by atoms with Gasteiger partial charge in [0.25, 0.3) is 0 Å². The zero-order chi connectivity index (χ0) is 21.6. The normalized spacial score (nSPS) is 14.1. The van der Waals surface area contributed by atoms with E-state index in [0.717, 1.165) is 11.1 Å². The molecule has 156 valence electrons. The molecule has 2 aromatic rings. The summed E-state index contributed by atoms with van der Waals surface area (Å²) in [6.45, 7) is -0.263. The Hall–Kier alpha value is -2.16. The van der Waals surface area contributed by atoms with E-state index in [0.29, 0.717) is 15.6 Å². The topological polar surface area (TPSA) is 116 Å². The van der Waals surface area contributed by atoms with Crippen LogP contribution in [-0.4, -0.2) is 59.2 Å². The van der Waals surface area contributed by atoms with Crippen LogP contribution in [0.25, 0.3) is 11.1 Å². The molecule has 0 unspecified atom stereocenters. The lowest BCUT2D eigenvalue weighted by Crippen LogP contribution is -2.52. The first-order chi connectivity index (χ1) is 13.7. The second-order valence-corrected chi connectivity index (χ2v) is 7.31. The van der Waals surface area contributed by atoms with Crippen molar-refractivity contribution in [2.24, 2.45) is 0 Å². The minimum absolute atomic E-state index is 0.0948. The average Bonchev–Trinajstić information content (AvgIpc) is 2.66. The van der Waals surface area contributed by atoms with E-state index in [1.165, 1.54) is 7.11 Å². The summed E-state index contributed by atoms with van der Waals surface area (Å²) < 4.78 is 4.73. The Morgan fingerprint density at radius 1 is 1.03 bits per heavy atom. The molecule has 0 saturated heterocycles. The zero-order valence-corrected chi connectivity index (χ0v) is 17.0. The van der Waals surface area contributed by atoms with E-state index >= 15 is 0 Å². The van der Waals surface area contributed by atoms with E-state index in [9.17, 15) is 19.8 Å². The third kappa shape index (κ3) is 6.69. The van der Waals surface area contributed by atoms with Crippen molar-refractivity contribution in [2.45, 2.75) is 24.7 Å². The number of aliphatic hydroxyl groups is 2. The second kappa shape index (κ2) is 10.6. The molecule has 9 heteroatoms. The van der Waals surface area contributed by atoms with E-state index in [1.807, 2.05) is 12.1 Å². The monoisotopic (exact) mass is 441 g/mol. The Labute approximate surface area is 177 Å². The van der Waals surface area contributed by atoms with E-state index in [4.69, 9.17) is 33.0 Å². The van der Waals surface area contributed by atoms with Gasteiger partial charge in [-0.15, -0.1) is 0 Å². The highest BCUT2D eigenvalue weighted by atomic mass is 35.5. The maximum Gasteiger partial charge on any atom is 0.335 e. The molecule has 0 fully saturated rings. The lowest BCUT2D eigenvalue weighted by atomic mass is 9.96. The molecule has 0 heterocycles. The van der Waals surface area contributed by atoms with Gasteiger partial charge in [0.2, 0.25) is 5.91 Å². The quantitative estimate of drug-likeness (QED) is 0.473. The number of ether oxygens (including phenoxy) is 1. The third-order valence-corrected chi connectivity index (χ3v) is 4.65. The Morgan fingerprint density at radius 2 is 1.62 bits per heavy atom. The van der Waals surface area contributed by atoms with Crippen molar-refractivity contribution in [3.8, 4) is 11.1 Å². The Kier molecular flexibility index (Phi) is 8.43. The smallest absolute Gasteiger partial charge is 0.335 e. The van der Waals surface area contributed by atoms with E-state index in [1.54, 1.807) is 30.3 Å². The molecule has 0 aromatic heterocycles. The van der Waals surface area contributed by atoms with Crippen LogP contribution in [-0.2, 0) is 20.7 Å². The van der Waals surface area contributed by atoms with Gasteiger partial charge in [0.1, 0.15) is 12.7 Å². The van der Waals surface area contributed by atoms with Crippen molar-refractivity contribution < 1.29 is 29.6 Å². The molecule has 0 bridgehead atoms. The fraction of sp³-hybridized carbons (Fsp3) is 0.300. The van der Waals surface area contributed by atoms with Gasteiger partial charge in [-0.1, -0.05) is 47.5 Å². The summed E-state index contributed by atoms with van der Waals surface area (Å²) in [5, 5.41) is 32.3. The van der Waals surface area contributed by atoms with Crippen LogP contribution in [0.15, 0.2) is 42.5 Å². The average molecular weight is 442 g/mol. The number of benzene rings is 2. The summed E-state index contributed by atoms with van der Waals surface area (Å²) in [5.41, 5.74) is 2.38. The zero-order valence-electron chi connectivity index (χ0n) is 15.5. The number of carbonyl (C=O) groups excluding carboxylic acids is 1. The molecule has 4 N–H and O–H groups in total. The summed E-state index contributed by atoms with van der Waals surface area (Å²) in [7, 11) is 1.33. The third-order valence-electron chi connectivity index (χ3n) is 4.22. The van der Waals surface area contributed by atoms with Crippen LogP contribution >= 0.6 is 23.2 Å². The largest absolute Gasteiger partial charge is 0.479 e. The van der Waals surface area contributed by atoms with Crippen LogP contribution < -0.4 is 5.32 Å². The van der Waals surface area contributed by atoms with Crippen molar-refractivity contribution in [1.82, 2.24) is 5.32 Å². The molecular weight excluding hydrogens is 421 g/mol. The number of carboxylic acids is 1. The lowest BCUT2D eigenvalue weighted by Gasteiger charge is -2.26. The van der Waals surface area contributed by atoms with Gasteiger partial charge in [0.15, 0.2) is 6.10 Å². The highest BCUT2D eigenvalue weighted by molar-refractivity contribution is 6.35. The van der Waals surface area contributed by atoms with Gasteiger partial charge in [-0.2, -0.15) is 0 Å². The van der Waals surface area contributed by atoms with Crippen LogP contribution in [0, 0.1) is 0 Å². The number of amides is 1. The van der Waals surface area contributed by atoms with Crippen LogP contribution in [0.4, 0.5) is 0 Å². The highest BCUT2D eigenvalue weighted by Crippen LogP contribution is 2.27. The Morgan fingerprint density at radius 3 is 2.14 bits per heavy atom. The predicted octanol–water partition coefficient (Wildman–Crippen LogP) is 2.14.